The predicted octanol–water partition coefficient (Wildman–Crippen LogP) is 1.34. The number of aromatic nitrogens is 3. The van der Waals surface area contributed by atoms with Crippen LogP contribution in [0.15, 0.2) is 22.1 Å². The molecule has 10 heteroatoms. The molecule has 0 aliphatic carbocycles. The summed E-state index contributed by atoms with van der Waals surface area (Å²) in [6.45, 7) is 0. The Hall–Kier alpha value is -2.20. The van der Waals surface area contributed by atoms with E-state index in [2.05, 4.69) is 9.97 Å². The lowest BCUT2D eigenvalue weighted by atomic mass is 10.2. The fourth-order valence-electron chi connectivity index (χ4n) is 3.80. The van der Waals surface area contributed by atoms with E-state index in [-0.39, 0.29) is 28.4 Å². The van der Waals surface area contributed by atoms with E-state index >= 15 is 0 Å². The molecule has 0 unspecified atom stereocenters. The Kier molecular flexibility index (Phi) is 3.18. The molecule has 2 aliphatic heterocycles. The first-order valence-electron chi connectivity index (χ1n) is 7.99. The lowest BCUT2D eigenvalue weighted by molar-refractivity contribution is 0.356. The summed E-state index contributed by atoms with van der Waals surface area (Å²) in [5, 5.41) is 1.19. The maximum atomic E-state index is 13.1. The highest BCUT2D eigenvalue weighted by atomic mass is 32.2. The normalized spacial score (nSPS) is 23.3. The van der Waals surface area contributed by atoms with Crippen LogP contribution in [0.5, 0.6) is 11.5 Å². The first-order chi connectivity index (χ1) is 12.4. The SMILES string of the molecule is COc1cc2[nH]c3c(=O)n4c(nc3c2cc1OC)S[C@@H]1CS(=O)(=O)C[C@H]14. The van der Waals surface area contributed by atoms with Gasteiger partial charge in [0.25, 0.3) is 5.56 Å². The smallest absolute Gasteiger partial charge is 0.278 e. The third-order valence-electron chi connectivity index (χ3n) is 4.98. The quantitative estimate of drug-likeness (QED) is 0.655. The number of hydrogen-bond donors (Lipinski definition) is 1. The second-order valence-corrected chi connectivity index (χ2v) is 9.83. The Morgan fingerprint density at radius 3 is 2.69 bits per heavy atom. The molecule has 0 saturated carbocycles. The van der Waals surface area contributed by atoms with Crippen molar-refractivity contribution in [2.45, 2.75) is 16.4 Å². The van der Waals surface area contributed by atoms with Gasteiger partial charge in [-0.15, -0.1) is 0 Å². The molecule has 1 N–H and O–H groups in total. The summed E-state index contributed by atoms with van der Waals surface area (Å²) in [4.78, 5) is 20.9. The van der Waals surface area contributed by atoms with E-state index in [1.165, 1.54) is 16.3 Å². The monoisotopic (exact) mass is 393 g/mol. The highest BCUT2D eigenvalue weighted by Crippen LogP contribution is 2.44. The first-order valence-corrected chi connectivity index (χ1v) is 10.7. The summed E-state index contributed by atoms with van der Waals surface area (Å²) < 4.78 is 36.0. The van der Waals surface area contributed by atoms with Crippen LogP contribution in [0.2, 0.25) is 0 Å². The summed E-state index contributed by atoms with van der Waals surface area (Å²) in [5.74, 6) is 1.19. The van der Waals surface area contributed by atoms with Gasteiger partial charge in [-0.05, 0) is 6.07 Å². The number of rotatable bonds is 2. The van der Waals surface area contributed by atoms with E-state index in [1.807, 2.05) is 0 Å². The summed E-state index contributed by atoms with van der Waals surface area (Å²) in [6.07, 6.45) is 0. The second-order valence-electron chi connectivity index (χ2n) is 6.47. The average molecular weight is 393 g/mol. The van der Waals surface area contributed by atoms with Crippen molar-refractivity contribution in [1.82, 2.24) is 14.5 Å². The molecule has 0 spiro atoms. The summed E-state index contributed by atoms with van der Waals surface area (Å²) in [6, 6.07) is 3.21. The molecule has 2 atom stereocenters. The van der Waals surface area contributed by atoms with Gasteiger partial charge in [0.05, 0.1) is 37.3 Å². The van der Waals surface area contributed by atoms with Crippen LogP contribution in [0.25, 0.3) is 21.9 Å². The first kappa shape index (κ1) is 16.0. The van der Waals surface area contributed by atoms with Crippen molar-refractivity contribution in [2.75, 3.05) is 25.7 Å². The number of benzene rings is 1. The van der Waals surface area contributed by atoms with Crippen molar-refractivity contribution in [3.8, 4) is 11.5 Å². The number of nitrogens with one attached hydrogen (secondary N) is 1. The molecule has 0 radical (unpaired) electrons. The molecule has 0 bridgehead atoms. The Labute approximate surface area is 152 Å². The average Bonchev–Trinajstić information content (AvgIpc) is 3.20. The van der Waals surface area contributed by atoms with Gasteiger partial charge in [0.2, 0.25) is 0 Å². The zero-order chi connectivity index (χ0) is 18.2. The number of H-pyrrole nitrogens is 1. The molecule has 4 heterocycles. The zero-order valence-corrected chi connectivity index (χ0v) is 15.6. The van der Waals surface area contributed by atoms with Crippen molar-refractivity contribution in [3.05, 3.63) is 22.5 Å². The molecule has 1 aromatic carbocycles. The molecule has 8 nitrogen and oxygen atoms in total. The van der Waals surface area contributed by atoms with Gasteiger partial charge >= 0.3 is 0 Å². The number of aromatic amines is 1. The van der Waals surface area contributed by atoms with Crippen LogP contribution in [0.3, 0.4) is 0 Å². The number of methoxy groups -OCH3 is 2. The topological polar surface area (TPSA) is 103 Å². The minimum atomic E-state index is -3.11. The van der Waals surface area contributed by atoms with Crippen LogP contribution in [-0.2, 0) is 9.84 Å². The van der Waals surface area contributed by atoms with Gasteiger partial charge in [-0.2, -0.15) is 0 Å². The molecule has 1 saturated heterocycles. The van der Waals surface area contributed by atoms with E-state index in [0.717, 1.165) is 5.39 Å². The molecule has 0 amide bonds. The predicted molar refractivity (Wildman–Crippen MR) is 98.3 cm³/mol. The third-order valence-corrected chi connectivity index (χ3v) is 8.19. The number of sulfone groups is 1. The molecule has 2 aromatic heterocycles. The fraction of sp³-hybridized carbons (Fsp3) is 0.375. The zero-order valence-electron chi connectivity index (χ0n) is 14.0. The highest BCUT2D eigenvalue weighted by Gasteiger charge is 2.46. The van der Waals surface area contributed by atoms with E-state index in [1.54, 1.807) is 26.4 Å². The lowest BCUT2D eigenvalue weighted by Crippen LogP contribution is -2.27. The Bertz CT molecular complexity index is 1240. The lowest BCUT2D eigenvalue weighted by Gasteiger charge is -2.09. The highest BCUT2D eigenvalue weighted by molar-refractivity contribution is 8.02. The molecule has 1 fully saturated rings. The summed E-state index contributed by atoms with van der Waals surface area (Å²) >= 11 is 1.37. The van der Waals surface area contributed by atoms with Crippen molar-refractivity contribution >= 4 is 43.5 Å². The van der Waals surface area contributed by atoms with Crippen LogP contribution >= 0.6 is 11.8 Å². The number of hydrogen-bond acceptors (Lipinski definition) is 7. The van der Waals surface area contributed by atoms with Crippen molar-refractivity contribution in [1.29, 1.82) is 0 Å². The third kappa shape index (κ3) is 2.05. The van der Waals surface area contributed by atoms with Gasteiger partial charge in [0, 0.05) is 16.7 Å². The Morgan fingerprint density at radius 2 is 1.96 bits per heavy atom. The van der Waals surface area contributed by atoms with Crippen LogP contribution in [0.4, 0.5) is 0 Å². The summed E-state index contributed by atoms with van der Waals surface area (Å²) in [5.41, 5.74) is 1.40. The number of thioether (sulfide) groups is 1. The van der Waals surface area contributed by atoms with E-state index < -0.39 is 9.84 Å². The van der Waals surface area contributed by atoms with Crippen LogP contribution in [0, 0.1) is 0 Å². The molecule has 2 aliphatic rings. The molecule has 3 aromatic rings. The maximum absolute atomic E-state index is 13.1. The fourth-order valence-corrected chi connectivity index (χ4v) is 7.69. The molecular formula is C16H15N3O5S2. The van der Waals surface area contributed by atoms with Crippen LogP contribution in [-0.4, -0.2) is 53.9 Å². The van der Waals surface area contributed by atoms with E-state index in [0.29, 0.717) is 33.2 Å². The Morgan fingerprint density at radius 1 is 1.23 bits per heavy atom. The number of nitrogens with zero attached hydrogens (tertiary/aromatic N) is 2. The molecular weight excluding hydrogens is 378 g/mol. The van der Waals surface area contributed by atoms with Crippen LogP contribution in [0.1, 0.15) is 6.04 Å². The minimum absolute atomic E-state index is 0.00731. The van der Waals surface area contributed by atoms with Gasteiger partial charge in [0.1, 0.15) is 11.0 Å². The maximum Gasteiger partial charge on any atom is 0.278 e. The summed E-state index contributed by atoms with van der Waals surface area (Å²) in [7, 11) is -0.0139. The van der Waals surface area contributed by atoms with Gasteiger partial charge in [-0.25, -0.2) is 13.4 Å². The largest absolute Gasteiger partial charge is 0.493 e. The van der Waals surface area contributed by atoms with E-state index in [4.69, 9.17) is 9.47 Å². The van der Waals surface area contributed by atoms with Gasteiger partial charge in [-0.3, -0.25) is 9.36 Å². The van der Waals surface area contributed by atoms with Crippen molar-refractivity contribution in [3.63, 3.8) is 0 Å². The van der Waals surface area contributed by atoms with Crippen molar-refractivity contribution < 1.29 is 17.9 Å². The molecule has 5 rings (SSSR count). The minimum Gasteiger partial charge on any atom is -0.493 e. The molecule has 136 valence electrons. The number of fused-ring (bicyclic) bond motifs is 6. The van der Waals surface area contributed by atoms with Gasteiger partial charge < -0.3 is 14.5 Å². The Balaban J connectivity index is 1.79. The standard InChI is InChI=1S/C16H15N3O5S2/c1-23-10-3-7-8(4-11(10)24-2)17-14-13(7)18-16-19(15(14)20)9-5-26(21,22)6-12(9)25-16/h3-4,9,12,17H,5-6H2,1-2H3/t9-,12-/m1/s1. The number of ether oxygens (including phenoxy) is 2. The van der Waals surface area contributed by atoms with Crippen molar-refractivity contribution in [2.24, 2.45) is 0 Å². The second kappa shape index (κ2) is 5.17. The molecule has 26 heavy (non-hydrogen) atoms. The van der Waals surface area contributed by atoms with Gasteiger partial charge in [0.15, 0.2) is 26.5 Å². The van der Waals surface area contributed by atoms with E-state index in [9.17, 15) is 13.2 Å². The van der Waals surface area contributed by atoms with Crippen LogP contribution < -0.4 is 15.0 Å². The van der Waals surface area contributed by atoms with Gasteiger partial charge in [-0.1, -0.05) is 11.8 Å².